The molecule has 1 aliphatic heterocycles. The van der Waals surface area contributed by atoms with E-state index in [0.29, 0.717) is 12.5 Å². The third-order valence-electron chi connectivity index (χ3n) is 4.13. The minimum absolute atomic E-state index is 0.135. The molecule has 0 aliphatic carbocycles. The van der Waals surface area contributed by atoms with E-state index in [2.05, 4.69) is 43.2 Å². The highest BCUT2D eigenvalue weighted by atomic mass is 16.2. The first-order chi connectivity index (χ1) is 9.90. The summed E-state index contributed by atoms with van der Waals surface area (Å²) in [6.07, 6.45) is 4.46. The lowest BCUT2D eigenvalue weighted by Gasteiger charge is -2.32. The minimum atomic E-state index is 0.135. The fraction of sp³-hybridized carbons (Fsp3) is 0.647. The van der Waals surface area contributed by atoms with Crippen molar-refractivity contribution in [3.05, 3.63) is 23.9 Å². The molecule has 0 aromatic carbocycles. The van der Waals surface area contributed by atoms with Gasteiger partial charge in [-0.1, -0.05) is 27.7 Å². The molecule has 2 rings (SSSR count). The van der Waals surface area contributed by atoms with Crippen molar-refractivity contribution < 1.29 is 4.79 Å². The zero-order valence-corrected chi connectivity index (χ0v) is 13.6. The van der Waals surface area contributed by atoms with Gasteiger partial charge in [-0.05, 0) is 36.0 Å². The first-order valence-corrected chi connectivity index (χ1v) is 7.91. The van der Waals surface area contributed by atoms with E-state index in [4.69, 9.17) is 0 Å². The van der Waals surface area contributed by atoms with Crippen molar-refractivity contribution in [2.75, 3.05) is 18.4 Å². The maximum atomic E-state index is 11.7. The molecule has 0 spiro atoms. The van der Waals surface area contributed by atoms with Crippen molar-refractivity contribution >= 4 is 11.7 Å². The second kappa shape index (κ2) is 6.46. The summed E-state index contributed by atoms with van der Waals surface area (Å²) in [6, 6.07) is 4.63. The monoisotopic (exact) mass is 289 g/mol. The summed E-state index contributed by atoms with van der Waals surface area (Å²) in [5.41, 5.74) is 1.43. The number of carbonyl (C=O) groups excluding carboxylic acids is 1. The molecule has 4 heteroatoms. The van der Waals surface area contributed by atoms with Gasteiger partial charge in [0.1, 0.15) is 5.82 Å². The van der Waals surface area contributed by atoms with Crippen molar-refractivity contribution in [1.82, 2.24) is 9.88 Å². The number of rotatable bonds is 3. The number of anilines is 1. The smallest absolute Gasteiger partial charge is 0.222 e. The van der Waals surface area contributed by atoms with Crippen LogP contribution >= 0.6 is 0 Å². The van der Waals surface area contributed by atoms with Crippen LogP contribution in [0.15, 0.2) is 18.3 Å². The summed E-state index contributed by atoms with van der Waals surface area (Å²) in [7, 11) is 0. The predicted octanol–water partition coefficient (Wildman–Crippen LogP) is 3.19. The first-order valence-electron chi connectivity index (χ1n) is 7.91. The zero-order chi connectivity index (χ0) is 15.5. The van der Waals surface area contributed by atoms with E-state index < -0.39 is 0 Å². The van der Waals surface area contributed by atoms with Gasteiger partial charge in [0.05, 0.1) is 0 Å². The van der Waals surface area contributed by atoms with Gasteiger partial charge in [0.25, 0.3) is 0 Å². The van der Waals surface area contributed by atoms with Crippen LogP contribution in [0.2, 0.25) is 0 Å². The highest BCUT2D eigenvalue weighted by Gasteiger charge is 2.22. The van der Waals surface area contributed by atoms with E-state index in [9.17, 15) is 4.79 Å². The molecule has 21 heavy (non-hydrogen) atoms. The number of nitrogens with zero attached hydrogens (tertiary/aromatic N) is 2. The second-order valence-corrected chi connectivity index (χ2v) is 6.83. The molecule has 0 atom stereocenters. The van der Waals surface area contributed by atoms with Crippen LogP contribution in [0.4, 0.5) is 5.82 Å². The summed E-state index contributed by atoms with van der Waals surface area (Å²) < 4.78 is 0. The fourth-order valence-corrected chi connectivity index (χ4v) is 2.68. The zero-order valence-electron chi connectivity index (χ0n) is 13.6. The molecular weight excluding hydrogens is 262 g/mol. The lowest BCUT2D eigenvalue weighted by atomic mass is 9.88. The topological polar surface area (TPSA) is 45.2 Å². The third kappa shape index (κ3) is 4.19. The molecular formula is C17H27N3O. The summed E-state index contributed by atoms with van der Waals surface area (Å²) >= 11 is 0. The van der Waals surface area contributed by atoms with Crippen molar-refractivity contribution in [2.45, 2.75) is 58.4 Å². The summed E-state index contributed by atoms with van der Waals surface area (Å²) in [5.74, 6) is 1.21. The molecule has 1 amide bonds. The SMILES string of the molecule is CCC(=O)N1CCC(Nc2cc(C(C)(C)C)ccn2)CC1. The second-order valence-electron chi connectivity index (χ2n) is 6.83. The number of hydrogen-bond donors (Lipinski definition) is 1. The Labute approximate surface area is 127 Å². The van der Waals surface area contributed by atoms with E-state index >= 15 is 0 Å². The Morgan fingerprint density at radius 2 is 2.05 bits per heavy atom. The lowest BCUT2D eigenvalue weighted by Crippen LogP contribution is -2.42. The van der Waals surface area contributed by atoms with Crippen molar-refractivity contribution in [1.29, 1.82) is 0 Å². The normalized spacial score (nSPS) is 16.9. The molecule has 1 saturated heterocycles. The van der Waals surface area contributed by atoms with Crippen molar-refractivity contribution in [3.8, 4) is 0 Å². The largest absolute Gasteiger partial charge is 0.367 e. The van der Waals surface area contributed by atoms with E-state index in [1.807, 2.05) is 18.0 Å². The molecule has 116 valence electrons. The van der Waals surface area contributed by atoms with E-state index in [1.165, 1.54) is 5.56 Å². The van der Waals surface area contributed by atoms with Crippen LogP contribution in [0.5, 0.6) is 0 Å². The van der Waals surface area contributed by atoms with E-state index in [-0.39, 0.29) is 11.3 Å². The molecule has 1 aromatic heterocycles. The molecule has 0 bridgehead atoms. The lowest BCUT2D eigenvalue weighted by molar-refractivity contribution is -0.131. The number of amides is 1. The molecule has 4 nitrogen and oxygen atoms in total. The molecule has 1 aliphatic rings. The minimum Gasteiger partial charge on any atom is -0.367 e. The number of likely N-dealkylation sites (tertiary alicyclic amines) is 1. The van der Waals surface area contributed by atoms with E-state index in [1.54, 1.807) is 0 Å². The molecule has 0 radical (unpaired) electrons. The summed E-state index contributed by atoms with van der Waals surface area (Å²) in [4.78, 5) is 18.1. The molecule has 1 aromatic rings. The summed E-state index contributed by atoms with van der Waals surface area (Å²) in [5, 5.41) is 3.52. The predicted molar refractivity (Wildman–Crippen MR) is 86.5 cm³/mol. The average molecular weight is 289 g/mol. The quantitative estimate of drug-likeness (QED) is 0.929. The number of piperidine rings is 1. The van der Waals surface area contributed by atoms with Crippen LogP contribution in [0.3, 0.4) is 0 Å². The van der Waals surface area contributed by atoms with E-state index in [0.717, 1.165) is 31.7 Å². The van der Waals surface area contributed by atoms with Gasteiger partial charge in [-0.2, -0.15) is 0 Å². The fourth-order valence-electron chi connectivity index (χ4n) is 2.68. The van der Waals surface area contributed by atoms with Crippen LogP contribution in [-0.2, 0) is 10.2 Å². The van der Waals surface area contributed by atoms with Crippen LogP contribution in [0.25, 0.3) is 0 Å². The number of nitrogens with one attached hydrogen (secondary N) is 1. The Bertz CT molecular complexity index is 485. The Hall–Kier alpha value is -1.58. The highest BCUT2D eigenvalue weighted by molar-refractivity contribution is 5.75. The third-order valence-corrected chi connectivity index (χ3v) is 4.13. The van der Waals surface area contributed by atoms with Gasteiger partial charge in [0, 0.05) is 31.7 Å². The van der Waals surface area contributed by atoms with Gasteiger partial charge in [-0.3, -0.25) is 4.79 Å². The number of pyridine rings is 1. The molecule has 0 unspecified atom stereocenters. The van der Waals surface area contributed by atoms with Crippen LogP contribution in [0.1, 0.15) is 52.5 Å². The Kier molecular flexibility index (Phi) is 4.86. The highest BCUT2D eigenvalue weighted by Crippen LogP contribution is 2.24. The molecule has 1 fully saturated rings. The van der Waals surface area contributed by atoms with Crippen LogP contribution < -0.4 is 5.32 Å². The van der Waals surface area contributed by atoms with Gasteiger partial charge >= 0.3 is 0 Å². The Morgan fingerprint density at radius 3 is 2.62 bits per heavy atom. The standard InChI is InChI=1S/C17H27N3O/c1-5-16(21)20-10-7-14(8-11-20)19-15-12-13(6-9-18-15)17(2,3)4/h6,9,12,14H,5,7-8,10-11H2,1-4H3,(H,18,19). The van der Waals surface area contributed by atoms with Gasteiger partial charge < -0.3 is 10.2 Å². The summed E-state index contributed by atoms with van der Waals surface area (Å²) in [6.45, 7) is 10.3. The van der Waals surface area contributed by atoms with Gasteiger partial charge in [0.2, 0.25) is 5.91 Å². The first kappa shape index (κ1) is 15.8. The number of aromatic nitrogens is 1. The molecule has 0 saturated carbocycles. The number of hydrogen-bond acceptors (Lipinski definition) is 3. The average Bonchev–Trinajstić information content (AvgIpc) is 2.47. The van der Waals surface area contributed by atoms with Crippen molar-refractivity contribution in [2.24, 2.45) is 0 Å². The maximum Gasteiger partial charge on any atom is 0.222 e. The van der Waals surface area contributed by atoms with Crippen LogP contribution in [-0.4, -0.2) is 34.9 Å². The molecule has 2 heterocycles. The van der Waals surface area contributed by atoms with Crippen molar-refractivity contribution in [3.63, 3.8) is 0 Å². The van der Waals surface area contributed by atoms with Crippen LogP contribution in [0, 0.1) is 0 Å². The Balaban J connectivity index is 1.93. The van der Waals surface area contributed by atoms with Gasteiger partial charge in [-0.15, -0.1) is 0 Å². The van der Waals surface area contributed by atoms with Gasteiger partial charge in [0.15, 0.2) is 0 Å². The Morgan fingerprint density at radius 1 is 1.38 bits per heavy atom. The van der Waals surface area contributed by atoms with Gasteiger partial charge in [-0.25, -0.2) is 4.98 Å². The number of carbonyl (C=O) groups is 1. The maximum absolute atomic E-state index is 11.7. The molecule has 1 N–H and O–H groups in total.